The van der Waals surface area contributed by atoms with Gasteiger partial charge in [0.25, 0.3) is 0 Å². The van der Waals surface area contributed by atoms with Gasteiger partial charge in [-0.25, -0.2) is 0 Å². The molecule has 5 nitrogen and oxygen atoms in total. The Hall–Kier alpha value is -1.40. The van der Waals surface area contributed by atoms with Crippen LogP contribution in [0.25, 0.3) is 0 Å². The van der Waals surface area contributed by atoms with Crippen LogP contribution in [0, 0.1) is 17.3 Å². The number of carbonyl (C=O) groups is 1. The van der Waals surface area contributed by atoms with Gasteiger partial charge in [0.15, 0.2) is 0 Å². The van der Waals surface area contributed by atoms with Crippen LogP contribution in [-0.4, -0.2) is 14.2 Å². The molecule has 0 spiro atoms. The van der Waals surface area contributed by atoms with Crippen molar-refractivity contribution in [2.75, 3.05) is 0 Å². The van der Waals surface area contributed by atoms with E-state index >= 15 is 0 Å². The molecule has 0 heterocycles. The first kappa shape index (κ1) is 18.0. The minimum Gasteiger partial charge on any atom is -0.371 e. The number of carbonyl (C=O) groups excluding carboxylic acids is 1. The standard InChI is InChI=1S/C20H27NO4S/c1-3-12-10-16-13(11-18(12)25-26(21,23)24)4-5-15-14(16)8-9-20(2)17(15)6-7-19(20)22/h10-11,14-15,17H,3-9H2,1-2H3,(H2,21,23,24)/t14-,15+,17-,20-/m0/s1. The van der Waals surface area contributed by atoms with Crippen molar-refractivity contribution in [3.8, 4) is 5.75 Å². The van der Waals surface area contributed by atoms with Gasteiger partial charge in [-0.1, -0.05) is 19.9 Å². The molecule has 0 unspecified atom stereocenters. The van der Waals surface area contributed by atoms with E-state index in [2.05, 4.69) is 13.0 Å². The van der Waals surface area contributed by atoms with Gasteiger partial charge in [0, 0.05) is 11.8 Å². The zero-order valence-corrected chi connectivity index (χ0v) is 16.3. The quantitative estimate of drug-likeness (QED) is 0.876. The summed E-state index contributed by atoms with van der Waals surface area (Å²) in [6, 6.07) is 4.01. The Kier molecular flexibility index (Phi) is 4.19. The third kappa shape index (κ3) is 2.78. The fourth-order valence-electron chi connectivity index (χ4n) is 5.90. The highest BCUT2D eigenvalue weighted by Crippen LogP contribution is 2.59. The van der Waals surface area contributed by atoms with E-state index in [4.69, 9.17) is 9.32 Å². The average molecular weight is 378 g/mol. The van der Waals surface area contributed by atoms with Crippen LogP contribution in [0.15, 0.2) is 12.1 Å². The lowest BCUT2D eigenvalue weighted by atomic mass is 9.55. The molecule has 4 rings (SSSR count). The Balaban J connectivity index is 1.72. The lowest BCUT2D eigenvalue weighted by Crippen LogP contribution is -2.42. The van der Waals surface area contributed by atoms with Crippen LogP contribution in [-0.2, 0) is 27.9 Å². The molecular weight excluding hydrogens is 350 g/mol. The maximum Gasteiger partial charge on any atom is 0.380 e. The monoisotopic (exact) mass is 377 g/mol. The van der Waals surface area contributed by atoms with Crippen LogP contribution in [0.1, 0.15) is 68.6 Å². The van der Waals surface area contributed by atoms with E-state index < -0.39 is 10.3 Å². The molecule has 2 N–H and O–H groups in total. The maximum atomic E-state index is 12.4. The molecule has 3 aliphatic rings. The van der Waals surface area contributed by atoms with E-state index in [1.54, 1.807) is 0 Å². The number of Topliss-reactive ketones (excluding diaryl/α,β-unsaturated/α-hetero) is 1. The Morgan fingerprint density at radius 3 is 2.69 bits per heavy atom. The SMILES string of the molecule is CCc1cc2c(cc1OS(N)(=O)=O)CC[C@@H]1[C@@H]2CC[C@]2(C)C(=O)CC[C@@H]12. The molecule has 6 heteroatoms. The Labute approximate surface area is 155 Å². The normalized spacial score (nSPS) is 33.3. The van der Waals surface area contributed by atoms with E-state index in [0.717, 1.165) is 44.1 Å². The van der Waals surface area contributed by atoms with Crippen LogP contribution >= 0.6 is 0 Å². The molecule has 4 atom stereocenters. The van der Waals surface area contributed by atoms with Gasteiger partial charge in [-0.3, -0.25) is 4.79 Å². The highest BCUT2D eigenvalue weighted by atomic mass is 32.2. The van der Waals surface area contributed by atoms with Crippen molar-refractivity contribution >= 4 is 16.1 Å². The van der Waals surface area contributed by atoms with Gasteiger partial charge in [0.05, 0.1) is 0 Å². The highest BCUT2D eigenvalue weighted by molar-refractivity contribution is 7.84. The van der Waals surface area contributed by atoms with Gasteiger partial charge in [0.2, 0.25) is 0 Å². The second-order valence-electron chi connectivity index (χ2n) is 8.42. The number of aryl methyl sites for hydroxylation is 2. The first-order valence-corrected chi connectivity index (χ1v) is 11.1. The summed E-state index contributed by atoms with van der Waals surface area (Å²) in [4.78, 5) is 12.4. The van der Waals surface area contributed by atoms with Crippen LogP contribution in [0.5, 0.6) is 5.75 Å². The number of benzene rings is 1. The van der Waals surface area contributed by atoms with Crippen LogP contribution in [0.2, 0.25) is 0 Å². The van der Waals surface area contributed by atoms with Crippen molar-refractivity contribution in [3.05, 3.63) is 28.8 Å². The summed E-state index contributed by atoms with van der Waals surface area (Å²) in [7, 11) is -4.02. The van der Waals surface area contributed by atoms with Gasteiger partial charge >= 0.3 is 10.3 Å². The fraction of sp³-hybridized carbons (Fsp3) is 0.650. The molecule has 0 aliphatic heterocycles. The largest absolute Gasteiger partial charge is 0.380 e. The smallest absolute Gasteiger partial charge is 0.371 e. The highest BCUT2D eigenvalue weighted by Gasteiger charge is 2.54. The van der Waals surface area contributed by atoms with E-state index in [9.17, 15) is 13.2 Å². The van der Waals surface area contributed by atoms with Crippen molar-refractivity contribution < 1.29 is 17.4 Å². The Bertz CT molecular complexity index is 863. The summed E-state index contributed by atoms with van der Waals surface area (Å²) in [6.45, 7) is 4.17. The number of fused-ring (bicyclic) bond motifs is 5. The van der Waals surface area contributed by atoms with Gasteiger partial charge in [0.1, 0.15) is 11.5 Å². The lowest BCUT2D eigenvalue weighted by molar-refractivity contribution is -0.129. The topological polar surface area (TPSA) is 86.5 Å². The van der Waals surface area contributed by atoms with Gasteiger partial charge in [-0.2, -0.15) is 13.6 Å². The fourth-order valence-corrected chi connectivity index (χ4v) is 6.30. The maximum absolute atomic E-state index is 12.4. The first-order valence-electron chi connectivity index (χ1n) is 9.64. The van der Waals surface area contributed by atoms with E-state index in [0.29, 0.717) is 35.7 Å². The molecule has 1 aromatic rings. The van der Waals surface area contributed by atoms with Crippen LogP contribution < -0.4 is 9.32 Å². The molecule has 142 valence electrons. The summed E-state index contributed by atoms with van der Waals surface area (Å²) in [5.41, 5.74) is 3.27. The number of hydrogen-bond acceptors (Lipinski definition) is 4. The predicted molar refractivity (Wildman–Crippen MR) is 99.2 cm³/mol. The lowest BCUT2D eigenvalue weighted by Gasteiger charge is -2.48. The molecular formula is C20H27NO4S. The van der Waals surface area contributed by atoms with Crippen molar-refractivity contribution in [3.63, 3.8) is 0 Å². The van der Waals surface area contributed by atoms with Crippen LogP contribution in [0.4, 0.5) is 0 Å². The number of ketones is 1. The molecule has 0 bridgehead atoms. The zero-order valence-electron chi connectivity index (χ0n) is 15.5. The van der Waals surface area contributed by atoms with Gasteiger partial charge < -0.3 is 4.18 Å². The van der Waals surface area contributed by atoms with Gasteiger partial charge in [-0.15, -0.1) is 0 Å². The first-order chi connectivity index (χ1) is 12.2. The number of rotatable bonds is 3. The molecule has 0 radical (unpaired) electrons. The molecule has 3 aliphatic carbocycles. The molecule has 0 aromatic heterocycles. The van der Waals surface area contributed by atoms with Crippen molar-refractivity contribution in [2.45, 2.75) is 64.7 Å². The predicted octanol–water partition coefficient (Wildman–Crippen LogP) is 3.26. The molecule has 0 saturated heterocycles. The van der Waals surface area contributed by atoms with E-state index in [1.165, 1.54) is 11.1 Å². The van der Waals surface area contributed by atoms with E-state index in [1.807, 2.05) is 13.0 Å². The zero-order chi connectivity index (χ0) is 18.7. The molecule has 1 aromatic carbocycles. The molecule has 2 saturated carbocycles. The molecule has 26 heavy (non-hydrogen) atoms. The third-order valence-corrected chi connectivity index (χ3v) is 7.61. The Morgan fingerprint density at radius 1 is 1.23 bits per heavy atom. The number of hydrogen-bond donors (Lipinski definition) is 1. The van der Waals surface area contributed by atoms with Gasteiger partial charge in [-0.05, 0) is 79.0 Å². The second kappa shape index (κ2) is 6.06. The van der Waals surface area contributed by atoms with Crippen LogP contribution in [0.3, 0.4) is 0 Å². The second-order valence-corrected chi connectivity index (χ2v) is 9.57. The van der Waals surface area contributed by atoms with Crippen molar-refractivity contribution in [1.82, 2.24) is 0 Å². The summed E-state index contributed by atoms with van der Waals surface area (Å²) in [5, 5.41) is 5.08. The number of nitrogens with two attached hydrogens (primary N) is 1. The van der Waals surface area contributed by atoms with Crippen molar-refractivity contribution in [2.24, 2.45) is 22.4 Å². The summed E-state index contributed by atoms with van der Waals surface area (Å²) < 4.78 is 27.8. The summed E-state index contributed by atoms with van der Waals surface area (Å²) in [5.74, 6) is 2.34. The van der Waals surface area contributed by atoms with E-state index in [-0.39, 0.29) is 5.41 Å². The molecule has 0 amide bonds. The van der Waals surface area contributed by atoms with Crippen molar-refractivity contribution in [1.29, 1.82) is 0 Å². The minimum atomic E-state index is -4.02. The minimum absolute atomic E-state index is 0.122. The average Bonchev–Trinajstić information content (AvgIpc) is 2.88. The Morgan fingerprint density at radius 2 is 2.00 bits per heavy atom. The molecule has 2 fully saturated rings. The summed E-state index contributed by atoms with van der Waals surface area (Å²) in [6.07, 6.45) is 6.42. The third-order valence-electron chi connectivity index (χ3n) is 7.20. The summed E-state index contributed by atoms with van der Waals surface area (Å²) >= 11 is 0.